The molecule has 0 amide bonds. The molecular formula is C15H18ClN3O2. The minimum absolute atomic E-state index is 0.461. The Morgan fingerprint density at radius 3 is 2.71 bits per heavy atom. The summed E-state index contributed by atoms with van der Waals surface area (Å²) < 4.78 is 10.5. The maximum atomic E-state index is 6.21. The SMILES string of the molecule is CCCNc1ccnc(-c2cc(Cl)c(OC)c(OC)c2)n1. The highest BCUT2D eigenvalue weighted by Crippen LogP contribution is 2.38. The Balaban J connectivity index is 2.39. The molecule has 0 unspecified atom stereocenters. The van der Waals surface area contributed by atoms with E-state index in [9.17, 15) is 0 Å². The van der Waals surface area contributed by atoms with E-state index in [0.29, 0.717) is 22.3 Å². The Morgan fingerprint density at radius 2 is 2.05 bits per heavy atom. The van der Waals surface area contributed by atoms with Gasteiger partial charge in [0.15, 0.2) is 17.3 Å². The molecule has 0 saturated heterocycles. The summed E-state index contributed by atoms with van der Waals surface area (Å²) in [6, 6.07) is 5.41. The summed E-state index contributed by atoms with van der Waals surface area (Å²) in [5, 5.41) is 3.69. The molecule has 0 bridgehead atoms. The number of halogens is 1. The second kappa shape index (κ2) is 7.13. The highest BCUT2D eigenvalue weighted by atomic mass is 35.5. The van der Waals surface area contributed by atoms with Crippen molar-refractivity contribution in [2.45, 2.75) is 13.3 Å². The molecule has 0 aliphatic heterocycles. The van der Waals surface area contributed by atoms with Crippen molar-refractivity contribution in [3.63, 3.8) is 0 Å². The summed E-state index contributed by atoms with van der Waals surface area (Å²) in [5.74, 6) is 2.42. The van der Waals surface area contributed by atoms with Crippen LogP contribution in [-0.2, 0) is 0 Å². The summed E-state index contributed by atoms with van der Waals surface area (Å²) in [5.41, 5.74) is 0.776. The maximum Gasteiger partial charge on any atom is 0.179 e. The van der Waals surface area contributed by atoms with Crippen molar-refractivity contribution in [2.75, 3.05) is 26.1 Å². The number of rotatable bonds is 6. The van der Waals surface area contributed by atoms with Crippen LogP contribution in [0.4, 0.5) is 5.82 Å². The number of aromatic nitrogens is 2. The number of methoxy groups -OCH3 is 2. The largest absolute Gasteiger partial charge is 0.493 e. The smallest absolute Gasteiger partial charge is 0.179 e. The van der Waals surface area contributed by atoms with Crippen molar-refractivity contribution < 1.29 is 9.47 Å². The third-order valence-electron chi connectivity index (χ3n) is 2.90. The van der Waals surface area contributed by atoms with E-state index in [4.69, 9.17) is 21.1 Å². The predicted molar refractivity (Wildman–Crippen MR) is 84.4 cm³/mol. The van der Waals surface area contributed by atoms with Crippen molar-refractivity contribution >= 4 is 17.4 Å². The lowest BCUT2D eigenvalue weighted by molar-refractivity contribution is 0.355. The molecule has 0 spiro atoms. The van der Waals surface area contributed by atoms with Crippen LogP contribution in [0.3, 0.4) is 0 Å². The van der Waals surface area contributed by atoms with Gasteiger partial charge in [-0.3, -0.25) is 0 Å². The van der Waals surface area contributed by atoms with Gasteiger partial charge in [0, 0.05) is 18.3 Å². The van der Waals surface area contributed by atoms with E-state index in [1.165, 1.54) is 0 Å². The van der Waals surface area contributed by atoms with Gasteiger partial charge in [-0.1, -0.05) is 18.5 Å². The Kier molecular flexibility index (Phi) is 5.22. The van der Waals surface area contributed by atoms with Gasteiger partial charge in [0.2, 0.25) is 0 Å². The number of hydrogen-bond acceptors (Lipinski definition) is 5. The second-order valence-electron chi connectivity index (χ2n) is 4.39. The van der Waals surface area contributed by atoms with Gasteiger partial charge in [-0.25, -0.2) is 9.97 Å². The Bertz CT molecular complexity index is 620. The summed E-state index contributed by atoms with van der Waals surface area (Å²) in [6.07, 6.45) is 2.74. The molecule has 0 aliphatic carbocycles. The van der Waals surface area contributed by atoms with E-state index < -0.39 is 0 Å². The molecular weight excluding hydrogens is 290 g/mol. The molecule has 0 saturated carbocycles. The third kappa shape index (κ3) is 3.55. The minimum atomic E-state index is 0.461. The summed E-state index contributed by atoms with van der Waals surface area (Å²) in [6.45, 7) is 2.96. The fraction of sp³-hybridized carbons (Fsp3) is 0.333. The van der Waals surface area contributed by atoms with Gasteiger partial charge < -0.3 is 14.8 Å². The predicted octanol–water partition coefficient (Wildman–Crippen LogP) is 3.64. The number of nitrogens with zero attached hydrogens (tertiary/aromatic N) is 2. The molecule has 5 nitrogen and oxygen atoms in total. The number of anilines is 1. The molecule has 2 rings (SSSR count). The number of ether oxygens (including phenoxy) is 2. The molecule has 1 aromatic heterocycles. The standard InChI is InChI=1S/C15H18ClN3O2/c1-4-6-17-13-5-7-18-15(19-13)10-8-11(16)14(21-3)12(9-10)20-2/h5,7-9H,4,6H2,1-3H3,(H,17,18,19). The molecule has 112 valence electrons. The zero-order valence-corrected chi connectivity index (χ0v) is 13.1. The Hall–Kier alpha value is -2.01. The summed E-state index contributed by atoms with van der Waals surface area (Å²) in [4.78, 5) is 8.76. The lowest BCUT2D eigenvalue weighted by atomic mass is 10.2. The molecule has 1 aromatic carbocycles. The van der Waals surface area contributed by atoms with Crippen LogP contribution in [0.15, 0.2) is 24.4 Å². The van der Waals surface area contributed by atoms with Crippen molar-refractivity contribution in [2.24, 2.45) is 0 Å². The Morgan fingerprint density at radius 1 is 1.24 bits per heavy atom. The van der Waals surface area contributed by atoms with E-state index in [0.717, 1.165) is 24.3 Å². The molecule has 0 atom stereocenters. The maximum absolute atomic E-state index is 6.21. The summed E-state index contributed by atoms with van der Waals surface area (Å²) in [7, 11) is 3.12. The van der Waals surface area contributed by atoms with Gasteiger partial charge in [-0.15, -0.1) is 0 Å². The van der Waals surface area contributed by atoms with Crippen LogP contribution in [-0.4, -0.2) is 30.7 Å². The van der Waals surface area contributed by atoms with Crippen LogP contribution in [0.5, 0.6) is 11.5 Å². The van der Waals surface area contributed by atoms with Crippen LogP contribution in [0.2, 0.25) is 5.02 Å². The van der Waals surface area contributed by atoms with Crippen molar-refractivity contribution in [3.05, 3.63) is 29.4 Å². The summed E-state index contributed by atoms with van der Waals surface area (Å²) >= 11 is 6.21. The lowest BCUT2D eigenvalue weighted by Crippen LogP contribution is -2.03. The van der Waals surface area contributed by atoms with Crippen molar-refractivity contribution in [1.29, 1.82) is 0 Å². The first kappa shape index (κ1) is 15.4. The molecule has 2 aromatic rings. The van der Waals surface area contributed by atoms with E-state index in [1.807, 2.05) is 12.1 Å². The van der Waals surface area contributed by atoms with Gasteiger partial charge >= 0.3 is 0 Å². The molecule has 1 heterocycles. The van der Waals surface area contributed by atoms with Gasteiger partial charge in [0.05, 0.1) is 19.2 Å². The number of hydrogen-bond donors (Lipinski definition) is 1. The fourth-order valence-corrected chi connectivity index (χ4v) is 2.18. The van der Waals surface area contributed by atoms with E-state index in [-0.39, 0.29) is 0 Å². The number of nitrogens with one attached hydrogen (secondary N) is 1. The highest BCUT2D eigenvalue weighted by molar-refractivity contribution is 6.32. The highest BCUT2D eigenvalue weighted by Gasteiger charge is 2.13. The molecule has 6 heteroatoms. The van der Waals surface area contributed by atoms with Crippen LogP contribution in [0.25, 0.3) is 11.4 Å². The van der Waals surface area contributed by atoms with Crippen molar-refractivity contribution in [3.8, 4) is 22.9 Å². The van der Waals surface area contributed by atoms with E-state index in [1.54, 1.807) is 26.5 Å². The first-order valence-electron chi connectivity index (χ1n) is 6.68. The zero-order valence-electron chi connectivity index (χ0n) is 12.3. The number of benzene rings is 1. The van der Waals surface area contributed by atoms with Crippen LogP contribution in [0.1, 0.15) is 13.3 Å². The van der Waals surface area contributed by atoms with Crippen LogP contribution >= 0.6 is 11.6 Å². The Labute approximate surface area is 129 Å². The van der Waals surface area contributed by atoms with E-state index in [2.05, 4.69) is 22.2 Å². The third-order valence-corrected chi connectivity index (χ3v) is 3.18. The second-order valence-corrected chi connectivity index (χ2v) is 4.79. The zero-order chi connectivity index (χ0) is 15.2. The molecule has 21 heavy (non-hydrogen) atoms. The van der Waals surface area contributed by atoms with Crippen molar-refractivity contribution in [1.82, 2.24) is 9.97 Å². The molecule has 0 radical (unpaired) electrons. The minimum Gasteiger partial charge on any atom is -0.493 e. The van der Waals surface area contributed by atoms with Gasteiger partial charge in [-0.2, -0.15) is 0 Å². The monoisotopic (exact) mass is 307 g/mol. The first-order valence-corrected chi connectivity index (χ1v) is 7.06. The van der Waals surface area contributed by atoms with Gasteiger partial charge in [0.1, 0.15) is 5.82 Å². The van der Waals surface area contributed by atoms with Crippen LogP contribution < -0.4 is 14.8 Å². The topological polar surface area (TPSA) is 56.3 Å². The first-order chi connectivity index (χ1) is 10.2. The van der Waals surface area contributed by atoms with Crippen LogP contribution in [0, 0.1) is 0 Å². The average molecular weight is 308 g/mol. The normalized spacial score (nSPS) is 10.3. The average Bonchev–Trinajstić information content (AvgIpc) is 2.52. The molecule has 1 N–H and O–H groups in total. The van der Waals surface area contributed by atoms with Gasteiger partial charge in [-0.05, 0) is 24.6 Å². The fourth-order valence-electron chi connectivity index (χ4n) is 1.90. The quantitative estimate of drug-likeness (QED) is 0.883. The molecule has 0 aliphatic rings. The van der Waals surface area contributed by atoms with Gasteiger partial charge in [0.25, 0.3) is 0 Å². The lowest BCUT2D eigenvalue weighted by Gasteiger charge is -2.11. The molecule has 0 fully saturated rings. The van der Waals surface area contributed by atoms with E-state index >= 15 is 0 Å².